The molecule has 9 heteroatoms. The van der Waals surface area contributed by atoms with E-state index in [1.807, 2.05) is 6.07 Å². The van der Waals surface area contributed by atoms with Gasteiger partial charge in [0.15, 0.2) is 0 Å². The minimum Gasteiger partial charge on any atom is -0.331 e. The van der Waals surface area contributed by atoms with Gasteiger partial charge >= 0.3 is 6.03 Å². The second-order valence-electron chi connectivity index (χ2n) is 5.62. The van der Waals surface area contributed by atoms with Gasteiger partial charge in [0.05, 0.1) is 23.5 Å². The van der Waals surface area contributed by atoms with Crippen molar-refractivity contribution in [2.24, 2.45) is 0 Å². The number of carbonyl (C=O) groups excluding carboxylic acids is 1. The molecule has 2 amide bonds. The zero-order valence-electron chi connectivity index (χ0n) is 14.1. The van der Waals surface area contributed by atoms with Crippen LogP contribution in [0.2, 0.25) is 0 Å². The van der Waals surface area contributed by atoms with Gasteiger partial charge in [-0.25, -0.2) is 17.6 Å². The third-order valence-electron chi connectivity index (χ3n) is 3.39. The number of hydrogen-bond donors (Lipinski definition) is 3. The van der Waals surface area contributed by atoms with Crippen LogP contribution in [0.5, 0.6) is 0 Å². The molecule has 0 unspecified atom stereocenters. The summed E-state index contributed by atoms with van der Waals surface area (Å²) in [4.78, 5) is 12.1. The molecule has 0 aromatic heterocycles. The van der Waals surface area contributed by atoms with E-state index >= 15 is 0 Å². The summed E-state index contributed by atoms with van der Waals surface area (Å²) in [6.45, 7) is 1.72. The van der Waals surface area contributed by atoms with Crippen LogP contribution in [0.3, 0.4) is 0 Å². The molecule has 0 heterocycles. The number of benzene rings is 2. The fourth-order valence-electron chi connectivity index (χ4n) is 2.24. The molecule has 2 rings (SSSR count). The van der Waals surface area contributed by atoms with Gasteiger partial charge in [-0.2, -0.15) is 5.26 Å². The van der Waals surface area contributed by atoms with Crippen molar-refractivity contribution in [3.8, 4) is 6.07 Å². The van der Waals surface area contributed by atoms with Crippen molar-refractivity contribution in [1.29, 1.82) is 5.26 Å². The molecule has 0 aliphatic heterocycles. The van der Waals surface area contributed by atoms with E-state index < -0.39 is 27.9 Å². The van der Waals surface area contributed by atoms with E-state index in [0.29, 0.717) is 11.3 Å². The molecule has 0 fully saturated rings. The average molecular weight is 376 g/mol. The van der Waals surface area contributed by atoms with E-state index in [0.717, 1.165) is 18.4 Å². The van der Waals surface area contributed by atoms with Crippen LogP contribution in [0.4, 0.5) is 20.6 Å². The molecule has 0 aliphatic carbocycles. The molecule has 0 saturated carbocycles. The second-order valence-corrected chi connectivity index (χ2v) is 7.37. The number of carbonyl (C=O) groups is 1. The van der Waals surface area contributed by atoms with E-state index in [4.69, 9.17) is 5.26 Å². The van der Waals surface area contributed by atoms with E-state index in [2.05, 4.69) is 15.4 Å². The first-order valence-electron chi connectivity index (χ1n) is 7.53. The highest BCUT2D eigenvalue weighted by atomic mass is 32.2. The lowest BCUT2D eigenvalue weighted by Gasteiger charge is -2.16. The van der Waals surface area contributed by atoms with E-state index in [9.17, 15) is 17.6 Å². The Morgan fingerprint density at radius 3 is 2.62 bits per heavy atom. The van der Waals surface area contributed by atoms with Gasteiger partial charge in [-0.05, 0) is 42.8 Å². The van der Waals surface area contributed by atoms with E-state index in [1.54, 1.807) is 31.2 Å². The quantitative estimate of drug-likeness (QED) is 0.745. The topological polar surface area (TPSA) is 111 Å². The summed E-state index contributed by atoms with van der Waals surface area (Å²) in [6.07, 6.45) is 1.05. The number of halogens is 1. The van der Waals surface area contributed by atoms with Gasteiger partial charge in [0.25, 0.3) is 0 Å². The number of urea groups is 1. The van der Waals surface area contributed by atoms with E-state index in [1.165, 1.54) is 6.07 Å². The maximum Gasteiger partial charge on any atom is 0.319 e. The summed E-state index contributed by atoms with van der Waals surface area (Å²) >= 11 is 0. The number of nitrogens with one attached hydrogen (secondary N) is 3. The van der Waals surface area contributed by atoms with Crippen LogP contribution in [-0.2, 0) is 10.0 Å². The smallest absolute Gasteiger partial charge is 0.319 e. The van der Waals surface area contributed by atoms with Crippen molar-refractivity contribution in [1.82, 2.24) is 5.32 Å². The lowest BCUT2D eigenvalue weighted by Crippen LogP contribution is -2.31. The van der Waals surface area contributed by atoms with Crippen molar-refractivity contribution < 1.29 is 17.6 Å². The van der Waals surface area contributed by atoms with Crippen molar-refractivity contribution in [3.63, 3.8) is 0 Å². The molecule has 2 aromatic carbocycles. The molecular formula is C17H17FN4O3S. The Kier molecular flexibility index (Phi) is 5.79. The predicted octanol–water partition coefficient (Wildman–Crippen LogP) is 2.95. The molecule has 0 aliphatic rings. The molecule has 136 valence electrons. The van der Waals surface area contributed by atoms with Crippen LogP contribution in [0.1, 0.15) is 24.1 Å². The Balaban J connectivity index is 2.08. The maximum atomic E-state index is 13.1. The summed E-state index contributed by atoms with van der Waals surface area (Å²) in [6, 6.07) is 10.8. The lowest BCUT2D eigenvalue weighted by molar-refractivity contribution is 0.249. The monoisotopic (exact) mass is 376 g/mol. The number of amides is 2. The van der Waals surface area contributed by atoms with Crippen LogP contribution in [-0.4, -0.2) is 20.7 Å². The summed E-state index contributed by atoms with van der Waals surface area (Å²) in [5.74, 6) is -0.573. The number of anilines is 2. The summed E-state index contributed by atoms with van der Waals surface area (Å²) in [5.41, 5.74) is 1.25. The second kappa shape index (κ2) is 7.84. The minimum atomic E-state index is -3.41. The Morgan fingerprint density at radius 1 is 1.23 bits per heavy atom. The Morgan fingerprint density at radius 2 is 1.96 bits per heavy atom. The zero-order chi connectivity index (χ0) is 19.3. The van der Waals surface area contributed by atoms with Crippen LogP contribution >= 0.6 is 0 Å². The molecule has 26 heavy (non-hydrogen) atoms. The zero-order valence-corrected chi connectivity index (χ0v) is 14.9. The predicted molar refractivity (Wildman–Crippen MR) is 96.6 cm³/mol. The number of nitrogens with zero attached hydrogens (tertiary/aromatic N) is 1. The summed E-state index contributed by atoms with van der Waals surface area (Å²) in [5, 5.41) is 14.2. The van der Waals surface area contributed by atoms with Gasteiger partial charge in [0.2, 0.25) is 10.0 Å². The largest absolute Gasteiger partial charge is 0.331 e. The number of nitriles is 1. The fourth-order valence-corrected chi connectivity index (χ4v) is 2.80. The third kappa shape index (κ3) is 5.46. The average Bonchev–Trinajstić information content (AvgIpc) is 2.55. The van der Waals surface area contributed by atoms with Crippen molar-refractivity contribution in [2.75, 3.05) is 16.3 Å². The first-order chi connectivity index (χ1) is 12.2. The lowest BCUT2D eigenvalue weighted by atomic mass is 10.1. The SMILES string of the molecule is C[C@@H](NC(=O)Nc1ccc(F)cc1C#N)c1cccc(NS(C)(=O)=O)c1. The van der Waals surface area contributed by atoms with Gasteiger partial charge in [-0.1, -0.05) is 12.1 Å². The van der Waals surface area contributed by atoms with Crippen molar-refractivity contribution >= 4 is 27.4 Å². The number of sulfonamides is 1. The Bertz CT molecular complexity index is 970. The molecule has 0 bridgehead atoms. The standard InChI is InChI=1S/C17H17FN4O3S/c1-11(12-4-3-5-15(9-12)22-26(2,24)25)20-17(23)21-16-7-6-14(18)8-13(16)10-19/h3-9,11,22H,1-2H3,(H2,20,21,23)/t11-/m1/s1. The number of hydrogen-bond acceptors (Lipinski definition) is 4. The van der Waals surface area contributed by atoms with Crippen molar-refractivity contribution in [3.05, 3.63) is 59.4 Å². The summed E-state index contributed by atoms with van der Waals surface area (Å²) < 4.78 is 38.1. The molecule has 0 spiro atoms. The Hall–Kier alpha value is -3.12. The van der Waals surface area contributed by atoms with Gasteiger partial charge in [-0.15, -0.1) is 0 Å². The molecule has 3 N–H and O–H groups in total. The van der Waals surface area contributed by atoms with Crippen LogP contribution < -0.4 is 15.4 Å². The molecule has 2 aromatic rings. The van der Waals surface area contributed by atoms with Crippen molar-refractivity contribution in [2.45, 2.75) is 13.0 Å². The highest BCUT2D eigenvalue weighted by molar-refractivity contribution is 7.92. The van der Waals surface area contributed by atoms with Gasteiger partial charge in [-0.3, -0.25) is 4.72 Å². The fraction of sp³-hybridized carbons (Fsp3) is 0.176. The molecular weight excluding hydrogens is 359 g/mol. The summed E-state index contributed by atoms with van der Waals surface area (Å²) in [7, 11) is -3.41. The molecule has 0 saturated heterocycles. The third-order valence-corrected chi connectivity index (χ3v) is 3.99. The normalized spacial score (nSPS) is 11.9. The van der Waals surface area contributed by atoms with Gasteiger partial charge in [0.1, 0.15) is 11.9 Å². The highest BCUT2D eigenvalue weighted by Crippen LogP contribution is 2.19. The molecule has 7 nitrogen and oxygen atoms in total. The van der Waals surface area contributed by atoms with Crippen LogP contribution in [0.25, 0.3) is 0 Å². The Labute approximate surface area is 150 Å². The molecule has 0 radical (unpaired) electrons. The first-order valence-corrected chi connectivity index (χ1v) is 9.42. The van der Waals surface area contributed by atoms with E-state index in [-0.39, 0.29) is 11.3 Å². The van der Waals surface area contributed by atoms with Gasteiger partial charge in [0, 0.05) is 5.69 Å². The van der Waals surface area contributed by atoms with Crippen LogP contribution in [0.15, 0.2) is 42.5 Å². The maximum absolute atomic E-state index is 13.1. The van der Waals surface area contributed by atoms with Gasteiger partial charge < -0.3 is 10.6 Å². The number of rotatable bonds is 5. The highest BCUT2D eigenvalue weighted by Gasteiger charge is 2.13. The minimum absolute atomic E-state index is 0.00662. The molecule has 1 atom stereocenters. The van der Waals surface area contributed by atoms with Crippen LogP contribution in [0, 0.1) is 17.1 Å². The first kappa shape index (κ1) is 19.2.